The summed E-state index contributed by atoms with van der Waals surface area (Å²) in [5, 5.41) is 4.97. The van der Waals surface area contributed by atoms with Gasteiger partial charge in [0.05, 0.1) is 13.0 Å². The van der Waals surface area contributed by atoms with E-state index in [0.29, 0.717) is 63.0 Å². The fraction of sp³-hybridized carbons (Fsp3) is 0.375. The summed E-state index contributed by atoms with van der Waals surface area (Å²) in [7, 11) is 0. The maximum absolute atomic E-state index is 12.5. The molecule has 2 aliphatic rings. The third-order valence-electron chi connectivity index (χ3n) is 5.62. The summed E-state index contributed by atoms with van der Waals surface area (Å²) in [4.78, 5) is 40.8. The second-order valence-corrected chi connectivity index (χ2v) is 8.18. The molecule has 0 saturated carbocycles. The van der Waals surface area contributed by atoms with E-state index in [1.807, 2.05) is 41.0 Å². The first-order chi connectivity index (χ1) is 16.0. The number of hydrogen-bond donors (Lipinski definition) is 2. The van der Waals surface area contributed by atoms with Crippen LogP contribution in [0.25, 0.3) is 0 Å². The molecule has 4 rings (SSSR count). The molecule has 9 heteroatoms. The van der Waals surface area contributed by atoms with E-state index >= 15 is 0 Å². The largest absolute Gasteiger partial charge is 0.486 e. The maximum atomic E-state index is 12.5. The van der Waals surface area contributed by atoms with Crippen LogP contribution >= 0.6 is 0 Å². The van der Waals surface area contributed by atoms with Gasteiger partial charge in [0.15, 0.2) is 11.5 Å². The highest BCUT2D eigenvalue weighted by Gasteiger charge is 2.23. The number of benzene rings is 2. The van der Waals surface area contributed by atoms with Crippen molar-refractivity contribution >= 4 is 23.5 Å². The van der Waals surface area contributed by atoms with Crippen LogP contribution in [0.3, 0.4) is 0 Å². The van der Waals surface area contributed by atoms with Gasteiger partial charge in [0.2, 0.25) is 11.8 Å². The lowest BCUT2D eigenvalue weighted by atomic mass is 10.1. The number of aryl methyl sites for hydroxylation is 1. The molecule has 0 bridgehead atoms. The van der Waals surface area contributed by atoms with E-state index in [-0.39, 0.29) is 12.5 Å². The molecule has 2 aromatic rings. The lowest BCUT2D eigenvalue weighted by molar-refractivity contribution is -0.132. The number of carbonyl (C=O) groups is 3. The van der Waals surface area contributed by atoms with Crippen molar-refractivity contribution in [3.63, 3.8) is 0 Å². The minimum absolute atomic E-state index is 0.0850. The van der Waals surface area contributed by atoms with E-state index in [2.05, 4.69) is 10.6 Å². The minimum atomic E-state index is -0.608. The molecule has 2 aromatic carbocycles. The molecular formula is C24H28N4O5. The molecule has 33 heavy (non-hydrogen) atoms. The normalized spacial score (nSPS) is 15.6. The zero-order valence-electron chi connectivity index (χ0n) is 18.6. The monoisotopic (exact) mass is 452 g/mol. The molecule has 174 valence electrons. The van der Waals surface area contributed by atoms with Crippen molar-refractivity contribution < 1.29 is 23.9 Å². The number of amides is 4. The first kappa shape index (κ1) is 22.6. The Morgan fingerprint density at radius 3 is 2.33 bits per heavy atom. The fourth-order valence-electron chi connectivity index (χ4n) is 3.80. The zero-order valence-corrected chi connectivity index (χ0v) is 18.6. The van der Waals surface area contributed by atoms with E-state index in [0.717, 1.165) is 11.1 Å². The number of imide groups is 1. The van der Waals surface area contributed by atoms with Crippen molar-refractivity contribution in [3.8, 4) is 11.5 Å². The molecule has 1 saturated heterocycles. The minimum Gasteiger partial charge on any atom is -0.486 e. The lowest BCUT2D eigenvalue weighted by Crippen LogP contribution is -2.52. The molecule has 4 amide bonds. The molecule has 2 heterocycles. The van der Waals surface area contributed by atoms with Crippen LogP contribution in [0.15, 0.2) is 42.5 Å². The van der Waals surface area contributed by atoms with E-state index in [4.69, 9.17) is 9.47 Å². The van der Waals surface area contributed by atoms with Crippen LogP contribution in [0.4, 0.5) is 10.5 Å². The van der Waals surface area contributed by atoms with Gasteiger partial charge in [0.25, 0.3) is 0 Å². The Bertz CT molecular complexity index is 1020. The second kappa shape index (κ2) is 10.4. The molecule has 0 radical (unpaired) electrons. The highest BCUT2D eigenvalue weighted by atomic mass is 16.6. The van der Waals surface area contributed by atoms with Gasteiger partial charge in [0.1, 0.15) is 13.2 Å². The summed E-state index contributed by atoms with van der Waals surface area (Å²) in [5.41, 5.74) is 2.67. The predicted molar refractivity (Wildman–Crippen MR) is 122 cm³/mol. The molecule has 1 fully saturated rings. The summed E-state index contributed by atoms with van der Waals surface area (Å²) in [6.07, 6.45) is 0.376. The number of carbonyl (C=O) groups excluding carboxylic acids is 3. The highest BCUT2D eigenvalue weighted by Crippen LogP contribution is 2.32. The number of nitrogens with zero attached hydrogens (tertiary/aromatic N) is 2. The number of fused-ring (bicyclic) bond motifs is 1. The van der Waals surface area contributed by atoms with Gasteiger partial charge in [-0.05, 0) is 24.6 Å². The second-order valence-electron chi connectivity index (χ2n) is 8.18. The smallest absolute Gasteiger partial charge is 0.325 e. The third kappa shape index (κ3) is 6.23. The van der Waals surface area contributed by atoms with Crippen molar-refractivity contribution in [3.05, 3.63) is 53.6 Å². The number of rotatable bonds is 5. The molecule has 9 nitrogen and oxygen atoms in total. The Morgan fingerprint density at radius 1 is 0.909 bits per heavy atom. The van der Waals surface area contributed by atoms with Crippen LogP contribution in [0.2, 0.25) is 0 Å². The van der Waals surface area contributed by atoms with Crippen molar-refractivity contribution in [2.24, 2.45) is 0 Å². The molecule has 0 aliphatic carbocycles. The average Bonchev–Trinajstić information content (AvgIpc) is 2.80. The summed E-state index contributed by atoms with van der Waals surface area (Å²) in [6, 6.07) is 12.4. The molecule has 0 atom stereocenters. The Kier molecular flexibility index (Phi) is 7.09. The van der Waals surface area contributed by atoms with Crippen LogP contribution < -0.4 is 20.1 Å². The maximum Gasteiger partial charge on any atom is 0.325 e. The first-order valence-electron chi connectivity index (χ1n) is 11.0. The Morgan fingerprint density at radius 2 is 1.61 bits per heavy atom. The molecule has 0 aromatic heterocycles. The van der Waals surface area contributed by atoms with E-state index in [1.54, 1.807) is 18.2 Å². The Balaban J connectivity index is 1.18. The SMILES string of the molecule is Cc1ccc(CC(=O)N2CCN(CC(=O)NC(=O)Nc3ccc4c(c3)OCCO4)CC2)cc1. The fourth-order valence-corrected chi connectivity index (χ4v) is 3.80. The van der Waals surface area contributed by atoms with Gasteiger partial charge in [-0.1, -0.05) is 29.8 Å². The van der Waals surface area contributed by atoms with Crippen molar-refractivity contribution in [2.75, 3.05) is 51.3 Å². The number of urea groups is 1. The van der Waals surface area contributed by atoms with Crippen LogP contribution in [0.5, 0.6) is 11.5 Å². The van der Waals surface area contributed by atoms with E-state index < -0.39 is 11.9 Å². The van der Waals surface area contributed by atoms with Crippen LogP contribution in [-0.2, 0) is 16.0 Å². The van der Waals surface area contributed by atoms with E-state index in [1.165, 1.54) is 0 Å². The number of piperazine rings is 1. The number of ether oxygens (including phenoxy) is 2. The Labute approximate surface area is 192 Å². The topological polar surface area (TPSA) is 100 Å². The summed E-state index contributed by atoms with van der Waals surface area (Å²) < 4.78 is 10.9. The Hall–Kier alpha value is -3.59. The molecular weight excluding hydrogens is 424 g/mol. The lowest BCUT2D eigenvalue weighted by Gasteiger charge is -2.34. The molecule has 2 N–H and O–H groups in total. The van der Waals surface area contributed by atoms with Crippen LogP contribution in [0, 0.1) is 6.92 Å². The summed E-state index contributed by atoms with van der Waals surface area (Å²) in [6.45, 7) is 5.32. The highest BCUT2D eigenvalue weighted by molar-refractivity contribution is 6.01. The molecule has 2 aliphatic heterocycles. The average molecular weight is 453 g/mol. The first-order valence-corrected chi connectivity index (χ1v) is 11.0. The van der Waals surface area contributed by atoms with Crippen molar-refractivity contribution in [2.45, 2.75) is 13.3 Å². The van der Waals surface area contributed by atoms with Gasteiger partial charge in [-0.25, -0.2) is 4.79 Å². The van der Waals surface area contributed by atoms with Crippen LogP contribution in [0.1, 0.15) is 11.1 Å². The third-order valence-corrected chi connectivity index (χ3v) is 5.62. The van der Waals surface area contributed by atoms with Gasteiger partial charge in [-0.3, -0.25) is 19.8 Å². The predicted octanol–water partition coefficient (Wildman–Crippen LogP) is 1.80. The van der Waals surface area contributed by atoms with Crippen molar-refractivity contribution in [1.82, 2.24) is 15.1 Å². The van der Waals surface area contributed by atoms with Gasteiger partial charge in [-0.15, -0.1) is 0 Å². The van der Waals surface area contributed by atoms with Crippen molar-refractivity contribution in [1.29, 1.82) is 0 Å². The van der Waals surface area contributed by atoms with Gasteiger partial charge >= 0.3 is 6.03 Å². The van der Waals surface area contributed by atoms with Gasteiger partial charge in [0, 0.05) is 37.9 Å². The van der Waals surface area contributed by atoms with Gasteiger partial charge < -0.3 is 19.7 Å². The number of nitrogens with one attached hydrogen (secondary N) is 2. The van der Waals surface area contributed by atoms with Crippen LogP contribution in [-0.4, -0.2) is 73.6 Å². The number of anilines is 1. The van der Waals surface area contributed by atoms with E-state index in [9.17, 15) is 14.4 Å². The standard InChI is InChI=1S/C24H28N4O5/c1-17-2-4-18(5-3-17)14-23(30)28-10-8-27(9-11-28)16-22(29)26-24(31)25-19-6-7-20-21(15-19)33-13-12-32-20/h2-7,15H,8-14,16H2,1H3,(H2,25,26,29,31). The molecule has 0 spiro atoms. The zero-order chi connectivity index (χ0) is 23.2. The quantitative estimate of drug-likeness (QED) is 0.718. The van der Waals surface area contributed by atoms with Gasteiger partial charge in [-0.2, -0.15) is 0 Å². The number of hydrogen-bond acceptors (Lipinski definition) is 6. The summed E-state index contributed by atoms with van der Waals surface area (Å²) >= 11 is 0. The summed E-state index contributed by atoms with van der Waals surface area (Å²) in [5.74, 6) is 0.867. The molecule has 0 unspecified atom stereocenters.